The van der Waals surface area contributed by atoms with Gasteiger partial charge in [-0.25, -0.2) is 9.59 Å². The van der Waals surface area contributed by atoms with Crippen molar-refractivity contribution < 1.29 is 24.2 Å². The van der Waals surface area contributed by atoms with Crippen molar-refractivity contribution in [2.24, 2.45) is 0 Å². The predicted molar refractivity (Wildman–Crippen MR) is 66.5 cm³/mol. The molecule has 0 saturated carbocycles. The average molecular weight is 256 g/mol. The maximum Gasteiger partial charge on any atom is 0.335 e. The molecule has 0 aromatic carbocycles. The lowest BCUT2D eigenvalue weighted by Crippen LogP contribution is -2.40. The lowest BCUT2D eigenvalue weighted by molar-refractivity contribution is -0.227. The maximum absolute atomic E-state index is 11.4. The molecule has 0 aromatic rings. The van der Waals surface area contributed by atoms with Crippen molar-refractivity contribution in [1.82, 2.24) is 0 Å². The number of hydrogen-bond donors (Lipinski definition) is 1. The molecule has 0 aliphatic heterocycles. The highest BCUT2D eigenvalue weighted by atomic mass is 16.7. The Kier molecular flexibility index (Phi) is 6.97. The van der Waals surface area contributed by atoms with Crippen LogP contribution < -0.4 is 0 Å². The van der Waals surface area contributed by atoms with Gasteiger partial charge in [-0.15, -0.1) is 0 Å². The molecule has 5 heteroatoms. The Morgan fingerprint density at radius 1 is 1.44 bits per heavy atom. The molecular formula is C13H20O5. The van der Waals surface area contributed by atoms with Crippen molar-refractivity contribution >= 4 is 11.9 Å². The first-order valence-corrected chi connectivity index (χ1v) is 5.75. The Labute approximate surface area is 107 Å². The van der Waals surface area contributed by atoms with Crippen molar-refractivity contribution in [3.8, 4) is 0 Å². The highest BCUT2D eigenvalue weighted by Crippen LogP contribution is 2.18. The third-order valence-corrected chi connectivity index (χ3v) is 2.16. The topological polar surface area (TPSA) is 72.8 Å². The van der Waals surface area contributed by atoms with Crippen molar-refractivity contribution in [2.75, 3.05) is 6.61 Å². The number of unbranched alkanes of at least 4 members (excludes halogenated alkanes) is 1. The molecule has 0 spiro atoms. The van der Waals surface area contributed by atoms with Crippen molar-refractivity contribution in [3.63, 3.8) is 0 Å². The van der Waals surface area contributed by atoms with Gasteiger partial charge in [0, 0.05) is 18.1 Å². The van der Waals surface area contributed by atoms with Gasteiger partial charge >= 0.3 is 11.9 Å². The quantitative estimate of drug-likeness (QED) is 0.406. The molecule has 1 atom stereocenters. The Morgan fingerprint density at radius 2 is 2.06 bits per heavy atom. The third-order valence-electron chi connectivity index (χ3n) is 2.16. The smallest absolute Gasteiger partial charge is 0.335 e. The molecule has 1 unspecified atom stereocenters. The van der Waals surface area contributed by atoms with E-state index in [4.69, 9.17) is 9.47 Å². The van der Waals surface area contributed by atoms with Crippen LogP contribution >= 0.6 is 0 Å². The molecule has 0 rings (SSSR count). The van der Waals surface area contributed by atoms with Gasteiger partial charge in [0.25, 0.3) is 0 Å². The summed E-state index contributed by atoms with van der Waals surface area (Å²) >= 11 is 0. The van der Waals surface area contributed by atoms with Gasteiger partial charge in [0.05, 0.1) is 0 Å². The number of esters is 2. The molecule has 0 aliphatic carbocycles. The van der Waals surface area contributed by atoms with Crippen molar-refractivity contribution in [3.05, 3.63) is 24.8 Å². The minimum absolute atomic E-state index is 0.167. The number of carbonyl (C=O) groups excluding carboxylic acids is 2. The summed E-state index contributed by atoms with van der Waals surface area (Å²) in [6.07, 6.45) is 2.60. The predicted octanol–water partition coefficient (Wildman–Crippen LogP) is 1.71. The fourth-order valence-electron chi connectivity index (χ4n) is 1.11. The molecule has 0 aromatic heterocycles. The normalized spacial score (nSPS) is 13.3. The molecule has 0 radical (unpaired) electrons. The van der Waals surface area contributed by atoms with E-state index in [0.29, 0.717) is 6.42 Å². The van der Waals surface area contributed by atoms with Gasteiger partial charge in [0.2, 0.25) is 5.79 Å². The Morgan fingerprint density at radius 3 is 2.50 bits per heavy atom. The van der Waals surface area contributed by atoms with Crippen molar-refractivity contribution in [2.45, 2.75) is 38.9 Å². The van der Waals surface area contributed by atoms with Gasteiger partial charge in [-0.05, 0) is 13.3 Å². The second-order valence-corrected chi connectivity index (χ2v) is 4.03. The van der Waals surface area contributed by atoms with Crippen LogP contribution in [0.1, 0.15) is 33.1 Å². The largest absolute Gasteiger partial charge is 0.456 e. The molecule has 0 fully saturated rings. The van der Waals surface area contributed by atoms with Crippen LogP contribution in [-0.2, 0) is 19.1 Å². The Balaban J connectivity index is 4.59. The minimum Gasteiger partial charge on any atom is -0.456 e. The van der Waals surface area contributed by atoms with Crippen LogP contribution in [0.15, 0.2) is 24.8 Å². The summed E-state index contributed by atoms with van der Waals surface area (Å²) in [4.78, 5) is 22.3. The number of carbonyl (C=O) groups is 2. The van der Waals surface area contributed by atoms with E-state index in [1.807, 2.05) is 6.92 Å². The lowest BCUT2D eigenvalue weighted by atomic mass is 10.1. The summed E-state index contributed by atoms with van der Waals surface area (Å²) in [6, 6.07) is 0. The van der Waals surface area contributed by atoms with Crippen LogP contribution in [0.25, 0.3) is 0 Å². The first kappa shape index (κ1) is 16.4. The van der Waals surface area contributed by atoms with E-state index in [0.717, 1.165) is 12.5 Å². The van der Waals surface area contributed by atoms with E-state index in [2.05, 4.69) is 13.2 Å². The summed E-state index contributed by atoms with van der Waals surface area (Å²) in [5.74, 6) is -3.22. The highest BCUT2D eigenvalue weighted by molar-refractivity contribution is 5.87. The zero-order valence-electron chi connectivity index (χ0n) is 10.9. The standard InChI is InChI=1S/C13H20O5/c1-5-7-8-13(16,9-17-11(14)6-2)18-12(15)10(3)4/h6,16H,2-3,5,7-9H2,1,4H3. The summed E-state index contributed by atoms with van der Waals surface area (Å²) in [7, 11) is 0. The van der Waals surface area contributed by atoms with Crippen LogP contribution in [0, 0.1) is 0 Å². The molecule has 102 valence electrons. The molecule has 5 nitrogen and oxygen atoms in total. The van der Waals surface area contributed by atoms with Crippen LogP contribution in [0.5, 0.6) is 0 Å². The zero-order valence-corrected chi connectivity index (χ0v) is 10.9. The molecule has 1 N–H and O–H groups in total. The second kappa shape index (κ2) is 7.66. The van der Waals surface area contributed by atoms with Crippen LogP contribution in [-0.4, -0.2) is 29.4 Å². The molecule has 18 heavy (non-hydrogen) atoms. The minimum atomic E-state index is -1.81. The summed E-state index contributed by atoms with van der Waals surface area (Å²) < 4.78 is 9.62. The van der Waals surface area contributed by atoms with Gasteiger partial charge in [-0.2, -0.15) is 0 Å². The fraction of sp³-hybridized carbons (Fsp3) is 0.538. The van der Waals surface area contributed by atoms with Crippen molar-refractivity contribution in [1.29, 1.82) is 0 Å². The average Bonchev–Trinajstić information content (AvgIpc) is 2.33. The van der Waals surface area contributed by atoms with E-state index in [1.165, 1.54) is 6.92 Å². The van der Waals surface area contributed by atoms with E-state index in [1.54, 1.807) is 0 Å². The molecule has 0 bridgehead atoms. The number of ether oxygens (including phenoxy) is 2. The van der Waals surface area contributed by atoms with E-state index >= 15 is 0 Å². The molecule has 0 heterocycles. The summed E-state index contributed by atoms with van der Waals surface area (Å²) in [5.41, 5.74) is 0.167. The second-order valence-electron chi connectivity index (χ2n) is 4.03. The number of rotatable bonds is 8. The van der Waals surface area contributed by atoms with E-state index in [9.17, 15) is 14.7 Å². The maximum atomic E-state index is 11.4. The molecule has 0 amide bonds. The monoisotopic (exact) mass is 256 g/mol. The molecular weight excluding hydrogens is 236 g/mol. The Hall–Kier alpha value is -1.62. The number of aliphatic hydroxyl groups is 1. The number of hydrogen-bond acceptors (Lipinski definition) is 5. The first-order chi connectivity index (χ1) is 8.34. The van der Waals surface area contributed by atoms with Crippen LogP contribution in [0.2, 0.25) is 0 Å². The molecule has 0 aliphatic rings. The van der Waals surface area contributed by atoms with E-state index in [-0.39, 0.29) is 12.0 Å². The summed E-state index contributed by atoms with van der Waals surface area (Å²) in [6.45, 7) is 9.63. The highest BCUT2D eigenvalue weighted by Gasteiger charge is 2.32. The first-order valence-electron chi connectivity index (χ1n) is 5.75. The summed E-state index contributed by atoms with van der Waals surface area (Å²) in [5, 5.41) is 10.1. The van der Waals surface area contributed by atoms with Gasteiger partial charge in [-0.3, -0.25) is 0 Å². The zero-order chi connectivity index (χ0) is 14.2. The van der Waals surface area contributed by atoms with Gasteiger partial charge in [0.15, 0.2) is 6.61 Å². The van der Waals surface area contributed by atoms with E-state index < -0.39 is 24.3 Å². The van der Waals surface area contributed by atoms with Crippen LogP contribution in [0.3, 0.4) is 0 Å². The Bertz CT molecular complexity index is 334. The van der Waals surface area contributed by atoms with Gasteiger partial charge in [0.1, 0.15) is 0 Å². The third kappa shape index (κ3) is 6.20. The fourth-order valence-corrected chi connectivity index (χ4v) is 1.11. The van der Waals surface area contributed by atoms with Crippen LogP contribution in [0.4, 0.5) is 0 Å². The molecule has 0 saturated heterocycles. The van der Waals surface area contributed by atoms with Gasteiger partial charge < -0.3 is 14.6 Å². The van der Waals surface area contributed by atoms with Gasteiger partial charge in [-0.1, -0.05) is 26.5 Å². The lowest BCUT2D eigenvalue weighted by Gasteiger charge is -2.27. The SMILES string of the molecule is C=CC(=O)OCC(O)(CCCC)OC(=O)C(=C)C.